The number of nitrogens with two attached hydrogens (primary N) is 1. The van der Waals surface area contributed by atoms with Gasteiger partial charge in [-0.3, -0.25) is 0 Å². The number of carbonyl (C=O) groups is 1. The molecule has 1 aliphatic rings. The SMILES string of the molecule is COC(=O)c1cccc(N2CCCOC(C)C2)c1N. The van der Waals surface area contributed by atoms with Crippen molar-refractivity contribution in [3.8, 4) is 0 Å². The second-order valence-electron chi connectivity index (χ2n) is 4.71. The van der Waals surface area contributed by atoms with Crippen molar-refractivity contribution in [3.05, 3.63) is 23.8 Å². The number of anilines is 2. The number of methoxy groups -OCH3 is 1. The van der Waals surface area contributed by atoms with Crippen molar-refractivity contribution in [2.45, 2.75) is 19.4 Å². The molecule has 0 aliphatic carbocycles. The zero-order valence-corrected chi connectivity index (χ0v) is 11.4. The van der Waals surface area contributed by atoms with Gasteiger partial charge >= 0.3 is 5.97 Å². The molecule has 1 fully saturated rings. The predicted molar refractivity (Wildman–Crippen MR) is 74.4 cm³/mol. The van der Waals surface area contributed by atoms with Gasteiger partial charge in [0.15, 0.2) is 0 Å². The first kappa shape index (κ1) is 13.7. The maximum Gasteiger partial charge on any atom is 0.340 e. The number of rotatable bonds is 2. The highest BCUT2D eigenvalue weighted by Gasteiger charge is 2.20. The number of benzene rings is 1. The molecular formula is C14H20N2O3. The minimum Gasteiger partial charge on any atom is -0.465 e. The Balaban J connectivity index is 2.31. The molecule has 1 heterocycles. The van der Waals surface area contributed by atoms with Crippen molar-refractivity contribution in [1.29, 1.82) is 0 Å². The van der Waals surface area contributed by atoms with Crippen LogP contribution in [0.15, 0.2) is 18.2 Å². The van der Waals surface area contributed by atoms with Crippen LogP contribution in [0.5, 0.6) is 0 Å². The molecule has 19 heavy (non-hydrogen) atoms. The third-order valence-corrected chi connectivity index (χ3v) is 3.28. The topological polar surface area (TPSA) is 64.8 Å². The van der Waals surface area contributed by atoms with E-state index in [0.717, 1.165) is 31.8 Å². The first-order valence-corrected chi connectivity index (χ1v) is 6.47. The molecule has 0 aromatic heterocycles. The van der Waals surface area contributed by atoms with Crippen molar-refractivity contribution in [3.63, 3.8) is 0 Å². The van der Waals surface area contributed by atoms with Crippen molar-refractivity contribution < 1.29 is 14.3 Å². The lowest BCUT2D eigenvalue weighted by molar-refractivity contribution is 0.0602. The molecule has 1 atom stereocenters. The van der Waals surface area contributed by atoms with Crippen LogP contribution in [0.2, 0.25) is 0 Å². The van der Waals surface area contributed by atoms with E-state index in [9.17, 15) is 4.79 Å². The van der Waals surface area contributed by atoms with Crippen molar-refractivity contribution in [1.82, 2.24) is 0 Å². The first-order valence-electron chi connectivity index (χ1n) is 6.47. The van der Waals surface area contributed by atoms with Gasteiger partial charge in [-0.15, -0.1) is 0 Å². The number of nitrogens with zero attached hydrogens (tertiary/aromatic N) is 1. The highest BCUT2D eigenvalue weighted by Crippen LogP contribution is 2.28. The van der Waals surface area contributed by atoms with Gasteiger partial charge < -0.3 is 20.1 Å². The smallest absolute Gasteiger partial charge is 0.340 e. The molecule has 0 spiro atoms. The molecule has 0 radical (unpaired) electrons. The molecule has 0 bridgehead atoms. The Labute approximate surface area is 113 Å². The number of hydrogen-bond donors (Lipinski definition) is 1. The largest absolute Gasteiger partial charge is 0.465 e. The molecule has 1 saturated heterocycles. The van der Waals surface area contributed by atoms with E-state index >= 15 is 0 Å². The molecule has 5 heteroatoms. The Morgan fingerprint density at radius 2 is 2.32 bits per heavy atom. The molecular weight excluding hydrogens is 244 g/mol. The summed E-state index contributed by atoms with van der Waals surface area (Å²) in [6.07, 6.45) is 1.11. The normalized spacial score (nSPS) is 19.9. The fraction of sp³-hybridized carbons (Fsp3) is 0.500. The number of ether oxygens (including phenoxy) is 2. The van der Waals surface area contributed by atoms with Gasteiger partial charge in [-0.05, 0) is 25.5 Å². The summed E-state index contributed by atoms with van der Waals surface area (Å²) in [4.78, 5) is 13.8. The molecule has 1 aromatic carbocycles. The lowest BCUT2D eigenvalue weighted by Crippen LogP contribution is -2.31. The first-order chi connectivity index (χ1) is 9.13. The highest BCUT2D eigenvalue weighted by molar-refractivity contribution is 5.98. The second kappa shape index (κ2) is 5.93. The van der Waals surface area contributed by atoms with E-state index in [-0.39, 0.29) is 6.10 Å². The zero-order chi connectivity index (χ0) is 13.8. The number of para-hydroxylation sites is 1. The maximum atomic E-state index is 11.7. The quantitative estimate of drug-likeness (QED) is 0.650. The summed E-state index contributed by atoms with van der Waals surface area (Å²) in [5.74, 6) is -0.404. The summed E-state index contributed by atoms with van der Waals surface area (Å²) in [7, 11) is 1.36. The van der Waals surface area contributed by atoms with Gasteiger partial charge in [-0.1, -0.05) is 6.07 Å². The third-order valence-electron chi connectivity index (χ3n) is 3.28. The summed E-state index contributed by atoms with van der Waals surface area (Å²) in [6.45, 7) is 4.45. The van der Waals surface area contributed by atoms with Crippen LogP contribution in [-0.2, 0) is 9.47 Å². The van der Waals surface area contributed by atoms with Gasteiger partial charge in [0.2, 0.25) is 0 Å². The average molecular weight is 264 g/mol. The lowest BCUT2D eigenvalue weighted by Gasteiger charge is -2.26. The number of carbonyl (C=O) groups excluding carboxylic acids is 1. The van der Waals surface area contributed by atoms with Gasteiger partial charge in [-0.2, -0.15) is 0 Å². The summed E-state index contributed by atoms with van der Waals surface area (Å²) >= 11 is 0. The van der Waals surface area contributed by atoms with Gasteiger partial charge in [0, 0.05) is 19.7 Å². The van der Waals surface area contributed by atoms with Crippen molar-refractivity contribution in [2.75, 3.05) is 37.4 Å². The summed E-state index contributed by atoms with van der Waals surface area (Å²) in [5, 5.41) is 0. The Hall–Kier alpha value is -1.75. The van der Waals surface area contributed by atoms with Crippen LogP contribution in [0, 0.1) is 0 Å². The predicted octanol–water partition coefficient (Wildman–Crippen LogP) is 1.67. The minimum absolute atomic E-state index is 0.156. The van der Waals surface area contributed by atoms with E-state index in [0.29, 0.717) is 11.3 Å². The van der Waals surface area contributed by atoms with E-state index in [1.54, 1.807) is 6.07 Å². The Bertz CT molecular complexity index is 462. The molecule has 104 valence electrons. The molecule has 2 rings (SSSR count). The van der Waals surface area contributed by atoms with Gasteiger partial charge in [-0.25, -0.2) is 4.79 Å². The minimum atomic E-state index is -0.404. The third kappa shape index (κ3) is 2.98. The lowest BCUT2D eigenvalue weighted by atomic mass is 10.1. The maximum absolute atomic E-state index is 11.7. The van der Waals surface area contributed by atoms with E-state index in [2.05, 4.69) is 4.90 Å². The molecule has 2 N–H and O–H groups in total. The standard InChI is InChI=1S/C14H20N2O3/c1-10-9-16(7-4-8-19-10)12-6-3-5-11(13(12)15)14(17)18-2/h3,5-6,10H,4,7-9,15H2,1-2H3. The van der Waals surface area contributed by atoms with Crippen LogP contribution in [0.1, 0.15) is 23.7 Å². The van der Waals surface area contributed by atoms with Gasteiger partial charge in [0.1, 0.15) is 0 Å². The van der Waals surface area contributed by atoms with Crippen LogP contribution < -0.4 is 10.6 Å². The molecule has 1 aromatic rings. The number of hydrogen-bond acceptors (Lipinski definition) is 5. The summed E-state index contributed by atoms with van der Waals surface area (Å²) < 4.78 is 10.4. The number of nitrogen functional groups attached to an aromatic ring is 1. The number of esters is 1. The fourth-order valence-corrected chi connectivity index (χ4v) is 2.33. The summed E-state index contributed by atoms with van der Waals surface area (Å²) in [5.41, 5.74) is 7.87. The molecule has 1 aliphatic heterocycles. The Kier molecular flexibility index (Phi) is 4.27. The molecule has 5 nitrogen and oxygen atoms in total. The highest BCUT2D eigenvalue weighted by atomic mass is 16.5. The van der Waals surface area contributed by atoms with Gasteiger partial charge in [0.25, 0.3) is 0 Å². The van der Waals surface area contributed by atoms with Crippen LogP contribution in [-0.4, -0.2) is 38.9 Å². The second-order valence-corrected chi connectivity index (χ2v) is 4.71. The van der Waals surface area contributed by atoms with Crippen molar-refractivity contribution in [2.24, 2.45) is 0 Å². The van der Waals surface area contributed by atoms with E-state index in [1.165, 1.54) is 7.11 Å². The zero-order valence-electron chi connectivity index (χ0n) is 11.4. The molecule has 1 unspecified atom stereocenters. The van der Waals surface area contributed by atoms with E-state index in [4.69, 9.17) is 15.2 Å². The summed E-state index contributed by atoms with van der Waals surface area (Å²) in [6, 6.07) is 5.44. The van der Waals surface area contributed by atoms with Crippen molar-refractivity contribution >= 4 is 17.3 Å². The molecule has 0 saturated carbocycles. The van der Waals surface area contributed by atoms with Gasteiger partial charge in [0.05, 0.1) is 30.2 Å². The molecule has 0 amide bonds. The monoisotopic (exact) mass is 264 g/mol. The van der Waals surface area contributed by atoms with E-state index < -0.39 is 5.97 Å². The van der Waals surface area contributed by atoms with Crippen LogP contribution in [0.4, 0.5) is 11.4 Å². The van der Waals surface area contributed by atoms with Crippen LogP contribution >= 0.6 is 0 Å². The Morgan fingerprint density at radius 1 is 1.53 bits per heavy atom. The average Bonchev–Trinajstić information content (AvgIpc) is 2.63. The van der Waals surface area contributed by atoms with E-state index in [1.807, 2.05) is 19.1 Å². The fourth-order valence-electron chi connectivity index (χ4n) is 2.33. The van der Waals surface area contributed by atoms with Crippen LogP contribution in [0.3, 0.4) is 0 Å². The van der Waals surface area contributed by atoms with Crippen LogP contribution in [0.25, 0.3) is 0 Å². The Morgan fingerprint density at radius 3 is 3.05 bits per heavy atom.